The van der Waals surface area contributed by atoms with Gasteiger partial charge < -0.3 is 14.2 Å². The second-order valence-corrected chi connectivity index (χ2v) is 7.83. The van der Waals surface area contributed by atoms with Crippen molar-refractivity contribution in [1.82, 2.24) is 4.90 Å². The van der Waals surface area contributed by atoms with Crippen LogP contribution in [0, 0.1) is 17.8 Å². The van der Waals surface area contributed by atoms with E-state index in [4.69, 9.17) is 14.2 Å². The van der Waals surface area contributed by atoms with Gasteiger partial charge in [-0.15, -0.1) is 0 Å². The number of fused-ring (bicyclic) bond motifs is 5. The summed E-state index contributed by atoms with van der Waals surface area (Å²) in [6, 6.07) is 4.44. The Morgan fingerprint density at radius 3 is 2.85 bits per heavy atom. The van der Waals surface area contributed by atoms with Gasteiger partial charge in [0.05, 0.1) is 7.11 Å². The molecule has 1 aromatic carbocycles. The van der Waals surface area contributed by atoms with Gasteiger partial charge in [-0.3, -0.25) is 14.5 Å². The summed E-state index contributed by atoms with van der Waals surface area (Å²) in [5, 5.41) is 0. The molecule has 1 aromatic rings. The molecule has 6 heteroatoms. The van der Waals surface area contributed by atoms with Crippen LogP contribution in [0.4, 0.5) is 0 Å². The van der Waals surface area contributed by atoms with E-state index in [-0.39, 0.29) is 30.5 Å². The van der Waals surface area contributed by atoms with E-state index in [9.17, 15) is 9.59 Å². The van der Waals surface area contributed by atoms with Crippen LogP contribution in [0.5, 0.6) is 11.5 Å². The Balaban J connectivity index is 1.50. The zero-order valence-corrected chi connectivity index (χ0v) is 14.9. The number of Topliss-reactive ketones (excluding diaryl/α,β-unsaturated/α-hetero) is 1. The molecule has 0 unspecified atom stereocenters. The summed E-state index contributed by atoms with van der Waals surface area (Å²) in [7, 11) is 1.38. The maximum atomic E-state index is 12.5. The number of hydrogen-bond acceptors (Lipinski definition) is 6. The molecule has 3 aliphatic heterocycles. The molecular weight excluding hydrogens is 334 g/mol. The fraction of sp³-hybridized carbons (Fsp3) is 0.600. The van der Waals surface area contributed by atoms with Crippen LogP contribution in [0.3, 0.4) is 0 Å². The topological polar surface area (TPSA) is 65.1 Å². The molecule has 26 heavy (non-hydrogen) atoms. The highest BCUT2D eigenvalue weighted by Gasteiger charge is 2.49. The van der Waals surface area contributed by atoms with Gasteiger partial charge in [0.1, 0.15) is 11.7 Å². The van der Waals surface area contributed by atoms with Crippen molar-refractivity contribution < 1.29 is 23.8 Å². The second kappa shape index (κ2) is 5.98. The number of benzene rings is 1. The lowest BCUT2D eigenvalue weighted by Crippen LogP contribution is -2.52. The molecule has 0 radical (unpaired) electrons. The lowest BCUT2D eigenvalue weighted by atomic mass is 9.65. The van der Waals surface area contributed by atoms with E-state index in [1.54, 1.807) is 0 Å². The van der Waals surface area contributed by atoms with E-state index in [0.29, 0.717) is 12.3 Å². The minimum Gasteiger partial charge on any atom is -0.468 e. The van der Waals surface area contributed by atoms with Gasteiger partial charge >= 0.3 is 5.97 Å². The molecule has 0 N–H and O–H groups in total. The maximum Gasteiger partial charge on any atom is 0.316 e. The number of esters is 1. The number of hydrogen-bond donors (Lipinski definition) is 0. The van der Waals surface area contributed by atoms with Gasteiger partial charge in [0, 0.05) is 25.6 Å². The first-order valence-electron chi connectivity index (χ1n) is 9.42. The lowest BCUT2D eigenvalue weighted by Gasteiger charge is -2.50. The van der Waals surface area contributed by atoms with Crippen LogP contribution < -0.4 is 9.47 Å². The number of ether oxygens (including phenoxy) is 3. The van der Waals surface area contributed by atoms with Crippen molar-refractivity contribution in [2.24, 2.45) is 17.8 Å². The summed E-state index contributed by atoms with van der Waals surface area (Å²) in [6.07, 6.45) is 3.20. The van der Waals surface area contributed by atoms with Crippen LogP contribution in [0.25, 0.3) is 0 Å². The standard InChI is InChI=1S/C20H23NO5/c1-24-20(23)19-14-7-15-13-8-18-17(25-10-26-18)6-11(13)4-5-21(15)9-12(14)2-3-16(19)22/h6,8,12,14-15,19H,2-5,7,9-10H2,1H3/t12-,14+,15+,19+/m1/s1. The highest BCUT2D eigenvalue weighted by atomic mass is 16.7. The lowest BCUT2D eigenvalue weighted by molar-refractivity contribution is -0.157. The first-order valence-corrected chi connectivity index (χ1v) is 9.42. The molecule has 4 atom stereocenters. The van der Waals surface area contributed by atoms with E-state index >= 15 is 0 Å². The number of methoxy groups -OCH3 is 1. The van der Waals surface area contributed by atoms with Gasteiger partial charge in [0.25, 0.3) is 0 Å². The van der Waals surface area contributed by atoms with E-state index < -0.39 is 5.92 Å². The molecule has 0 aromatic heterocycles. The number of nitrogens with zero attached hydrogens (tertiary/aromatic N) is 1. The Morgan fingerprint density at radius 1 is 1.23 bits per heavy atom. The van der Waals surface area contributed by atoms with Crippen LogP contribution >= 0.6 is 0 Å². The van der Waals surface area contributed by atoms with Crippen molar-refractivity contribution in [2.75, 3.05) is 27.0 Å². The molecule has 0 bridgehead atoms. The zero-order chi connectivity index (χ0) is 17.8. The summed E-state index contributed by atoms with van der Waals surface area (Å²) in [4.78, 5) is 27.3. The SMILES string of the molecule is COC(=O)[C@@H]1C(=O)CC[C@@H]2CN3CCc4cc5c(cc4[C@@H]3C[C@@H]21)OCO5. The van der Waals surface area contributed by atoms with Crippen molar-refractivity contribution >= 4 is 11.8 Å². The minimum atomic E-state index is -0.597. The summed E-state index contributed by atoms with van der Waals surface area (Å²) in [6.45, 7) is 2.23. The van der Waals surface area contributed by atoms with Crippen molar-refractivity contribution in [2.45, 2.75) is 31.7 Å². The van der Waals surface area contributed by atoms with Crippen LogP contribution in [-0.4, -0.2) is 43.6 Å². The van der Waals surface area contributed by atoms with Crippen LogP contribution in [0.15, 0.2) is 12.1 Å². The smallest absolute Gasteiger partial charge is 0.316 e. The summed E-state index contributed by atoms with van der Waals surface area (Å²) in [5.41, 5.74) is 2.56. The normalized spacial score (nSPS) is 32.4. The Kier molecular flexibility index (Phi) is 3.71. The number of carbonyl (C=O) groups excluding carboxylic acids is 2. The van der Waals surface area contributed by atoms with Gasteiger partial charge in [-0.25, -0.2) is 0 Å². The Hall–Kier alpha value is -2.08. The largest absolute Gasteiger partial charge is 0.468 e. The van der Waals surface area contributed by atoms with Gasteiger partial charge in [0.2, 0.25) is 6.79 Å². The molecule has 6 nitrogen and oxygen atoms in total. The minimum absolute atomic E-state index is 0.0493. The molecule has 1 saturated heterocycles. The molecule has 1 saturated carbocycles. The van der Waals surface area contributed by atoms with E-state index in [1.165, 1.54) is 18.2 Å². The summed E-state index contributed by atoms with van der Waals surface area (Å²) >= 11 is 0. The van der Waals surface area contributed by atoms with Gasteiger partial charge in [-0.05, 0) is 54.4 Å². The quantitative estimate of drug-likeness (QED) is 0.567. The number of piperidine rings is 1. The van der Waals surface area contributed by atoms with Crippen molar-refractivity contribution in [3.05, 3.63) is 23.3 Å². The number of carbonyl (C=O) groups is 2. The van der Waals surface area contributed by atoms with Crippen LogP contribution in [-0.2, 0) is 20.7 Å². The van der Waals surface area contributed by atoms with E-state index in [2.05, 4.69) is 17.0 Å². The highest BCUT2D eigenvalue weighted by molar-refractivity contribution is 5.99. The molecule has 5 rings (SSSR count). The third-order valence-corrected chi connectivity index (χ3v) is 6.66. The fourth-order valence-corrected chi connectivity index (χ4v) is 5.39. The Bertz CT molecular complexity index is 768. The number of rotatable bonds is 1. The fourth-order valence-electron chi connectivity index (χ4n) is 5.39. The average Bonchev–Trinajstić information content (AvgIpc) is 3.11. The number of ketones is 1. The van der Waals surface area contributed by atoms with Gasteiger partial charge in [-0.2, -0.15) is 0 Å². The average molecular weight is 357 g/mol. The van der Waals surface area contributed by atoms with E-state index in [0.717, 1.165) is 43.9 Å². The summed E-state index contributed by atoms with van der Waals surface area (Å²) in [5.74, 6) is 1.18. The third-order valence-electron chi connectivity index (χ3n) is 6.66. The van der Waals surface area contributed by atoms with Crippen molar-refractivity contribution in [3.8, 4) is 11.5 Å². The molecule has 1 aliphatic carbocycles. The predicted octanol–water partition coefficient (Wildman–Crippen LogP) is 2.10. The van der Waals surface area contributed by atoms with Crippen LogP contribution in [0.1, 0.15) is 36.4 Å². The molecule has 0 spiro atoms. The highest BCUT2D eigenvalue weighted by Crippen LogP contribution is 2.49. The second-order valence-electron chi connectivity index (χ2n) is 7.83. The van der Waals surface area contributed by atoms with Crippen molar-refractivity contribution in [3.63, 3.8) is 0 Å². The first-order chi connectivity index (χ1) is 12.7. The Labute approximate surface area is 152 Å². The monoisotopic (exact) mass is 357 g/mol. The van der Waals surface area contributed by atoms with E-state index in [1.807, 2.05) is 0 Å². The molecule has 138 valence electrons. The third kappa shape index (κ3) is 2.35. The zero-order valence-electron chi connectivity index (χ0n) is 14.9. The molecular formula is C20H23NO5. The predicted molar refractivity (Wildman–Crippen MR) is 91.9 cm³/mol. The molecule has 0 amide bonds. The molecule has 3 heterocycles. The molecule has 4 aliphatic rings. The molecule has 2 fully saturated rings. The maximum absolute atomic E-state index is 12.5. The summed E-state index contributed by atoms with van der Waals surface area (Å²) < 4.78 is 16.1. The Morgan fingerprint density at radius 2 is 2.04 bits per heavy atom. The first kappa shape index (κ1) is 16.1. The van der Waals surface area contributed by atoms with Crippen molar-refractivity contribution in [1.29, 1.82) is 0 Å². The van der Waals surface area contributed by atoms with Gasteiger partial charge in [0.15, 0.2) is 11.5 Å². The van der Waals surface area contributed by atoms with Gasteiger partial charge in [-0.1, -0.05) is 0 Å². The van der Waals surface area contributed by atoms with Crippen LogP contribution in [0.2, 0.25) is 0 Å².